The number of nitrogens with one attached hydrogen (secondary N) is 1. The van der Waals surface area contributed by atoms with Crippen LogP contribution in [0.15, 0.2) is 78.9 Å². The number of hydrogen-bond acceptors (Lipinski definition) is 6. The zero-order valence-corrected chi connectivity index (χ0v) is 23.5. The second kappa shape index (κ2) is 12.5. The largest absolute Gasteiger partial charge is 0.461 e. The molecule has 3 aromatic rings. The molecule has 3 saturated heterocycles. The molecule has 41 heavy (non-hydrogen) atoms. The number of amides is 1. The number of carbonyl (C=O) groups excluding carboxylic acids is 2. The molecule has 7 heteroatoms. The first-order chi connectivity index (χ1) is 20.1. The van der Waals surface area contributed by atoms with Crippen LogP contribution in [0.3, 0.4) is 0 Å². The first kappa shape index (κ1) is 27.5. The van der Waals surface area contributed by atoms with Gasteiger partial charge in [0.05, 0.1) is 5.69 Å². The Kier molecular flexibility index (Phi) is 8.35. The maximum absolute atomic E-state index is 13.1. The highest BCUT2D eigenvalue weighted by Crippen LogP contribution is 2.48. The zero-order chi connectivity index (χ0) is 28.2. The number of rotatable bonds is 11. The fourth-order valence-corrected chi connectivity index (χ4v) is 6.54. The number of anilines is 1. The summed E-state index contributed by atoms with van der Waals surface area (Å²) >= 11 is 0. The molecule has 2 bridgehead atoms. The Hall–Kier alpha value is -3.68. The van der Waals surface area contributed by atoms with Crippen LogP contribution in [0.25, 0.3) is 11.1 Å². The molecule has 0 aliphatic carbocycles. The van der Waals surface area contributed by atoms with Crippen molar-refractivity contribution in [1.29, 1.82) is 0 Å². The van der Waals surface area contributed by atoms with Gasteiger partial charge in [-0.15, -0.1) is 0 Å². The summed E-state index contributed by atoms with van der Waals surface area (Å²) in [6.07, 6.45) is 4.51. The van der Waals surface area contributed by atoms with Crippen molar-refractivity contribution in [3.05, 3.63) is 90.0 Å². The molecule has 3 fully saturated rings. The third kappa shape index (κ3) is 6.47. The van der Waals surface area contributed by atoms with Gasteiger partial charge in [-0.1, -0.05) is 79.7 Å². The number of benzene rings is 3. The SMILES string of the molecule is CCN1[C@@H]2C[C@@H](OC(=O)Nc3cc(CCCCC(=O)OCc4ccccc4)ccc3-c3ccccc3)C[C@H]1[C@@H]1O[C@@H]12. The van der Waals surface area contributed by atoms with E-state index in [4.69, 9.17) is 14.2 Å². The Morgan fingerprint density at radius 1 is 0.902 bits per heavy atom. The van der Waals surface area contributed by atoms with E-state index in [2.05, 4.69) is 29.3 Å². The van der Waals surface area contributed by atoms with Crippen LogP contribution in [-0.4, -0.2) is 53.9 Å². The zero-order valence-electron chi connectivity index (χ0n) is 23.5. The van der Waals surface area contributed by atoms with Crippen LogP contribution in [0, 0.1) is 0 Å². The van der Waals surface area contributed by atoms with Crippen molar-refractivity contribution in [1.82, 2.24) is 4.90 Å². The van der Waals surface area contributed by atoms with E-state index in [1.165, 1.54) is 0 Å². The highest BCUT2D eigenvalue weighted by atomic mass is 16.6. The minimum atomic E-state index is -0.413. The minimum Gasteiger partial charge on any atom is -0.461 e. The molecule has 3 aliphatic rings. The van der Waals surface area contributed by atoms with Crippen LogP contribution in [0.2, 0.25) is 0 Å². The first-order valence-electron chi connectivity index (χ1n) is 14.9. The van der Waals surface area contributed by atoms with Gasteiger partial charge in [0.2, 0.25) is 0 Å². The molecular weight excluding hydrogens is 516 g/mol. The predicted molar refractivity (Wildman–Crippen MR) is 157 cm³/mol. The lowest BCUT2D eigenvalue weighted by molar-refractivity contribution is -0.145. The van der Waals surface area contributed by atoms with E-state index in [9.17, 15) is 9.59 Å². The molecule has 7 nitrogen and oxygen atoms in total. The quantitative estimate of drug-likeness (QED) is 0.169. The molecule has 3 aromatic carbocycles. The average Bonchev–Trinajstić information content (AvgIpc) is 3.76. The highest BCUT2D eigenvalue weighted by molar-refractivity contribution is 5.91. The number of morpholine rings is 1. The van der Waals surface area contributed by atoms with E-state index in [1.807, 2.05) is 66.7 Å². The lowest BCUT2D eigenvalue weighted by Gasteiger charge is -2.39. The standard InChI is InChI=1S/C34H38N2O5/c1-2-36-29-20-26(21-30(36)33-32(29)41-33)40-34(38)35-28-19-23(17-18-27(28)25-14-7-4-8-15-25)11-9-10-16-31(37)39-22-24-12-5-3-6-13-24/h3-8,12-15,17-19,26,29-30,32-33H,2,9-11,16,20-22H2,1H3,(H,35,38)/t26-,29-,30+,32-,33+. The molecule has 3 aliphatic heterocycles. The number of ether oxygens (including phenoxy) is 3. The fraction of sp³-hybridized carbons (Fsp3) is 0.412. The maximum Gasteiger partial charge on any atom is 0.411 e. The second-order valence-corrected chi connectivity index (χ2v) is 11.3. The molecule has 0 spiro atoms. The average molecular weight is 555 g/mol. The summed E-state index contributed by atoms with van der Waals surface area (Å²) in [6.45, 7) is 3.50. The van der Waals surface area contributed by atoms with Crippen molar-refractivity contribution < 1.29 is 23.8 Å². The Bertz CT molecular complexity index is 1330. The molecule has 1 amide bonds. The summed E-state index contributed by atoms with van der Waals surface area (Å²) in [5.74, 6) is -0.180. The number of hydrogen-bond donors (Lipinski definition) is 1. The van der Waals surface area contributed by atoms with E-state index in [0.29, 0.717) is 37.3 Å². The van der Waals surface area contributed by atoms with Crippen molar-refractivity contribution in [3.8, 4) is 11.1 Å². The van der Waals surface area contributed by atoms with Crippen molar-refractivity contribution >= 4 is 17.7 Å². The van der Waals surface area contributed by atoms with Crippen LogP contribution >= 0.6 is 0 Å². The van der Waals surface area contributed by atoms with Gasteiger partial charge in [0, 0.05) is 36.9 Å². The van der Waals surface area contributed by atoms with E-state index < -0.39 is 6.09 Å². The number of piperidine rings is 1. The van der Waals surface area contributed by atoms with Crippen molar-refractivity contribution in [3.63, 3.8) is 0 Å². The summed E-state index contributed by atoms with van der Waals surface area (Å²) in [5.41, 5.74) is 4.81. The van der Waals surface area contributed by atoms with Gasteiger partial charge in [-0.05, 0) is 48.6 Å². The number of esters is 1. The Morgan fingerprint density at radius 2 is 1.61 bits per heavy atom. The van der Waals surface area contributed by atoms with E-state index in [1.54, 1.807) is 0 Å². The van der Waals surface area contributed by atoms with Crippen LogP contribution < -0.4 is 5.32 Å². The van der Waals surface area contributed by atoms with E-state index in [-0.39, 0.29) is 12.1 Å². The number of nitrogens with zero attached hydrogens (tertiary/aromatic N) is 1. The van der Waals surface area contributed by atoms with Crippen LogP contribution in [-0.2, 0) is 32.0 Å². The first-order valence-corrected chi connectivity index (χ1v) is 14.9. The number of epoxide rings is 1. The lowest BCUT2D eigenvalue weighted by Crippen LogP contribution is -2.50. The van der Waals surface area contributed by atoms with Gasteiger partial charge in [-0.3, -0.25) is 15.0 Å². The van der Waals surface area contributed by atoms with Gasteiger partial charge >= 0.3 is 12.1 Å². The summed E-state index contributed by atoms with van der Waals surface area (Å²) in [7, 11) is 0. The van der Waals surface area contributed by atoms with Gasteiger partial charge in [0.15, 0.2) is 0 Å². The fourth-order valence-electron chi connectivity index (χ4n) is 6.54. The summed E-state index contributed by atoms with van der Waals surface area (Å²) in [6, 6.07) is 26.6. The molecule has 0 unspecified atom stereocenters. The normalized spacial score (nSPS) is 24.4. The number of carbonyl (C=O) groups is 2. The molecule has 0 aromatic heterocycles. The third-order valence-electron chi connectivity index (χ3n) is 8.56. The summed E-state index contributed by atoms with van der Waals surface area (Å²) in [5, 5.41) is 3.06. The molecule has 1 N–H and O–H groups in total. The smallest absolute Gasteiger partial charge is 0.411 e. The van der Waals surface area contributed by atoms with Crippen molar-refractivity contribution in [2.24, 2.45) is 0 Å². The summed E-state index contributed by atoms with van der Waals surface area (Å²) < 4.78 is 17.2. The van der Waals surface area contributed by atoms with Gasteiger partial charge in [-0.2, -0.15) is 0 Å². The van der Waals surface area contributed by atoms with Crippen LogP contribution in [0.4, 0.5) is 10.5 Å². The number of aryl methyl sites for hydroxylation is 1. The van der Waals surface area contributed by atoms with Crippen molar-refractivity contribution in [2.75, 3.05) is 11.9 Å². The summed E-state index contributed by atoms with van der Waals surface area (Å²) in [4.78, 5) is 27.8. The molecule has 214 valence electrons. The van der Waals surface area contributed by atoms with E-state index in [0.717, 1.165) is 66.6 Å². The maximum atomic E-state index is 13.1. The molecule has 5 atom stereocenters. The Labute approximate surface area is 241 Å². The van der Waals surface area contributed by atoms with E-state index >= 15 is 0 Å². The van der Waals surface area contributed by atoms with Gasteiger partial charge < -0.3 is 14.2 Å². The van der Waals surface area contributed by atoms with Gasteiger partial charge in [-0.25, -0.2) is 4.79 Å². The lowest BCUT2D eigenvalue weighted by atomic mass is 9.98. The Balaban J connectivity index is 1.04. The Morgan fingerprint density at radius 3 is 2.32 bits per heavy atom. The number of unbranched alkanes of at least 4 members (excludes halogenated alkanes) is 1. The molecule has 3 heterocycles. The minimum absolute atomic E-state index is 0.103. The molecule has 6 rings (SSSR count). The monoisotopic (exact) mass is 554 g/mol. The van der Waals surface area contributed by atoms with Crippen molar-refractivity contribution in [2.45, 2.75) is 82.5 Å². The topological polar surface area (TPSA) is 80.4 Å². The van der Waals surface area contributed by atoms with Gasteiger partial charge in [0.1, 0.15) is 24.9 Å². The van der Waals surface area contributed by atoms with Gasteiger partial charge in [0.25, 0.3) is 0 Å². The number of fused-ring (bicyclic) bond motifs is 5. The second-order valence-electron chi connectivity index (χ2n) is 11.3. The third-order valence-corrected chi connectivity index (χ3v) is 8.56. The molecular formula is C34H38N2O5. The highest BCUT2D eigenvalue weighted by Gasteiger charge is 2.63. The molecule has 0 radical (unpaired) electrons. The predicted octanol–water partition coefficient (Wildman–Crippen LogP) is 6.36. The van der Waals surface area contributed by atoms with Crippen LogP contribution in [0.1, 0.15) is 50.2 Å². The number of likely N-dealkylation sites (N-methyl/N-ethyl adjacent to an activating group) is 1. The van der Waals surface area contributed by atoms with Crippen LogP contribution in [0.5, 0.6) is 0 Å². The molecule has 0 saturated carbocycles.